The van der Waals surface area contributed by atoms with E-state index in [-0.39, 0.29) is 0 Å². The number of ether oxygens (including phenoxy) is 4. The molecule has 2 radical (unpaired) electrons. The van der Waals surface area contributed by atoms with Gasteiger partial charge in [0.25, 0.3) is 0 Å². The van der Waals surface area contributed by atoms with Crippen molar-refractivity contribution in [1.29, 1.82) is 0 Å². The molecule has 0 amide bonds. The van der Waals surface area contributed by atoms with Crippen LogP contribution in [0.3, 0.4) is 0 Å². The third-order valence-electron chi connectivity index (χ3n) is 3.57. The second-order valence-corrected chi connectivity index (χ2v) is 7.04. The molecule has 0 aliphatic rings. The van der Waals surface area contributed by atoms with Crippen LogP contribution in [0.2, 0.25) is 6.04 Å². The highest BCUT2D eigenvalue weighted by Gasteiger charge is 1.95. The fourth-order valence-electron chi connectivity index (χ4n) is 2.06. The van der Waals surface area contributed by atoms with Gasteiger partial charge in [-0.25, -0.2) is 0 Å². The van der Waals surface area contributed by atoms with Gasteiger partial charge in [-0.1, -0.05) is 52.4 Å². The van der Waals surface area contributed by atoms with Crippen LogP contribution in [0.4, 0.5) is 0 Å². The van der Waals surface area contributed by atoms with Gasteiger partial charge in [0.2, 0.25) is 9.76 Å². The zero-order chi connectivity index (χ0) is 18.3. The molecule has 0 saturated heterocycles. The molecule has 0 bridgehead atoms. The topological polar surface area (TPSA) is 46.2 Å². The monoisotopic (exact) mass is 376 g/mol. The van der Waals surface area contributed by atoms with Crippen LogP contribution in [0.25, 0.3) is 0 Å². The summed E-state index contributed by atoms with van der Waals surface area (Å²) < 4.78 is 27.4. The second-order valence-electron chi connectivity index (χ2n) is 5.96. The maximum absolute atomic E-state index is 5.53. The summed E-state index contributed by atoms with van der Waals surface area (Å²) in [5.41, 5.74) is 0. The van der Waals surface area contributed by atoms with E-state index in [9.17, 15) is 0 Å². The summed E-state index contributed by atoms with van der Waals surface area (Å²) in [5.74, 6) is 0. The van der Waals surface area contributed by atoms with E-state index in [2.05, 4.69) is 13.8 Å². The molecule has 0 saturated carbocycles. The largest absolute Gasteiger partial charge is 0.415 e. The van der Waals surface area contributed by atoms with Crippen molar-refractivity contribution >= 4 is 9.76 Å². The quantitative estimate of drug-likeness (QED) is 0.212. The first-order valence-corrected chi connectivity index (χ1v) is 11.2. The molecule has 0 aromatic rings. The van der Waals surface area contributed by atoms with Crippen LogP contribution in [-0.4, -0.2) is 69.2 Å². The lowest BCUT2D eigenvalue weighted by Crippen LogP contribution is -2.13. The molecule has 6 heteroatoms. The fourth-order valence-corrected chi connectivity index (χ4v) is 2.93. The van der Waals surface area contributed by atoms with Gasteiger partial charge >= 0.3 is 0 Å². The summed E-state index contributed by atoms with van der Waals surface area (Å²) >= 11 is 0. The number of unbranched alkanes of at least 4 members (excludes halogenated alkanes) is 5. The van der Waals surface area contributed by atoms with Crippen LogP contribution in [0.5, 0.6) is 0 Å². The molecule has 0 heterocycles. The molecule has 0 aliphatic heterocycles. The Morgan fingerprint density at radius 1 is 0.480 bits per heavy atom. The SMILES string of the molecule is CCCCCCCOCCOCCOCCOCCO[Si]CCCC. The van der Waals surface area contributed by atoms with E-state index >= 15 is 0 Å². The molecule has 0 fully saturated rings. The molecule has 0 N–H and O–H groups in total. The summed E-state index contributed by atoms with van der Waals surface area (Å²) in [7, 11) is 0.612. The summed E-state index contributed by atoms with van der Waals surface area (Å²) in [4.78, 5) is 0. The Labute approximate surface area is 158 Å². The lowest BCUT2D eigenvalue weighted by Gasteiger charge is -2.08. The van der Waals surface area contributed by atoms with Crippen molar-refractivity contribution in [1.82, 2.24) is 0 Å². The smallest absolute Gasteiger partial charge is 0.229 e. The van der Waals surface area contributed by atoms with Crippen molar-refractivity contribution in [3.8, 4) is 0 Å². The van der Waals surface area contributed by atoms with E-state index in [0.717, 1.165) is 13.0 Å². The first-order valence-electron chi connectivity index (χ1n) is 10.1. The van der Waals surface area contributed by atoms with Crippen LogP contribution < -0.4 is 0 Å². The molecule has 0 unspecified atom stereocenters. The highest BCUT2D eigenvalue weighted by atomic mass is 28.2. The average molecular weight is 377 g/mol. The Hall–Kier alpha value is 0.0169. The Morgan fingerprint density at radius 2 is 0.960 bits per heavy atom. The highest BCUT2D eigenvalue weighted by molar-refractivity contribution is 6.26. The molecule has 0 aromatic carbocycles. The summed E-state index contributed by atoms with van der Waals surface area (Å²) in [6, 6.07) is 1.17. The third-order valence-corrected chi connectivity index (χ3v) is 4.54. The predicted octanol–water partition coefficient (Wildman–Crippen LogP) is 3.88. The molecule has 25 heavy (non-hydrogen) atoms. The van der Waals surface area contributed by atoms with E-state index in [1.807, 2.05) is 0 Å². The van der Waals surface area contributed by atoms with Crippen molar-refractivity contribution in [2.45, 2.75) is 64.8 Å². The Bertz CT molecular complexity index is 210. The Balaban J connectivity index is 2.94. The van der Waals surface area contributed by atoms with Crippen LogP contribution in [-0.2, 0) is 23.4 Å². The zero-order valence-corrected chi connectivity index (χ0v) is 17.6. The summed E-state index contributed by atoms with van der Waals surface area (Å²) in [5, 5.41) is 0. The van der Waals surface area contributed by atoms with Crippen molar-refractivity contribution < 1.29 is 23.4 Å². The van der Waals surface area contributed by atoms with Gasteiger partial charge in [-0.2, -0.15) is 0 Å². The first-order chi connectivity index (χ1) is 12.4. The third kappa shape index (κ3) is 24.0. The van der Waals surface area contributed by atoms with Gasteiger partial charge in [-0.3, -0.25) is 0 Å². The van der Waals surface area contributed by atoms with E-state index in [4.69, 9.17) is 23.4 Å². The minimum Gasteiger partial charge on any atom is -0.415 e. The van der Waals surface area contributed by atoms with Gasteiger partial charge in [0, 0.05) is 6.61 Å². The molecular weight excluding hydrogens is 336 g/mol. The molecule has 0 aromatic heterocycles. The molecule has 150 valence electrons. The number of hydrogen-bond acceptors (Lipinski definition) is 5. The standard InChI is InChI=1S/C19H40O5Si/c1-3-5-7-8-9-10-20-11-12-21-13-14-22-15-16-23-17-18-24-25-19-6-4-2/h3-19H2,1-2H3. The minimum atomic E-state index is 0.606. The molecule has 5 nitrogen and oxygen atoms in total. The normalized spacial score (nSPS) is 11.3. The van der Waals surface area contributed by atoms with Gasteiger partial charge in [0.1, 0.15) is 0 Å². The van der Waals surface area contributed by atoms with Gasteiger partial charge in [0.15, 0.2) is 0 Å². The molecule has 0 aliphatic carbocycles. The minimum absolute atomic E-state index is 0.606. The maximum atomic E-state index is 5.53. The molecular formula is C19H40O5Si. The van der Waals surface area contributed by atoms with E-state index in [1.165, 1.54) is 44.6 Å². The van der Waals surface area contributed by atoms with E-state index in [1.54, 1.807) is 0 Å². The first kappa shape index (κ1) is 25.0. The van der Waals surface area contributed by atoms with Crippen molar-refractivity contribution in [2.75, 3.05) is 59.5 Å². The van der Waals surface area contributed by atoms with Gasteiger partial charge in [-0.15, -0.1) is 0 Å². The Morgan fingerprint density at radius 3 is 1.52 bits per heavy atom. The second kappa shape index (κ2) is 24.0. The summed E-state index contributed by atoms with van der Waals surface area (Å²) in [6.45, 7) is 10.4. The van der Waals surface area contributed by atoms with Crippen molar-refractivity contribution in [2.24, 2.45) is 0 Å². The van der Waals surface area contributed by atoms with Crippen LogP contribution in [0.1, 0.15) is 58.8 Å². The van der Waals surface area contributed by atoms with Crippen molar-refractivity contribution in [3.63, 3.8) is 0 Å². The van der Waals surface area contributed by atoms with Gasteiger partial charge in [0.05, 0.1) is 52.9 Å². The van der Waals surface area contributed by atoms with Crippen LogP contribution in [0.15, 0.2) is 0 Å². The van der Waals surface area contributed by atoms with Gasteiger partial charge in [-0.05, 0) is 12.5 Å². The number of rotatable bonds is 22. The van der Waals surface area contributed by atoms with Crippen LogP contribution >= 0.6 is 0 Å². The molecule has 0 atom stereocenters. The van der Waals surface area contributed by atoms with E-state index < -0.39 is 0 Å². The van der Waals surface area contributed by atoms with Gasteiger partial charge < -0.3 is 23.4 Å². The average Bonchev–Trinajstić information content (AvgIpc) is 2.63. The highest BCUT2D eigenvalue weighted by Crippen LogP contribution is 2.02. The predicted molar refractivity (Wildman–Crippen MR) is 103 cm³/mol. The fraction of sp³-hybridized carbons (Fsp3) is 1.00. The maximum Gasteiger partial charge on any atom is 0.229 e. The Kier molecular flexibility index (Phi) is 24.0. The summed E-state index contributed by atoms with van der Waals surface area (Å²) in [6.07, 6.45) is 8.87. The van der Waals surface area contributed by atoms with Crippen LogP contribution in [0, 0.1) is 0 Å². The molecule has 0 rings (SSSR count). The lowest BCUT2D eigenvalue weighted by molar-refractivity contribution is -0.00481. The van der Waals surface area contributed by atoms with Crippen molar-refractivity contribution in [3.05, 3.63) is 0 Å². The number of hydrogen-bond donors (Lipinski definition) is 0. The molecule has 0 spiro atoms. The zero-order valence-electron chi connectivity index (χ0n) is 16.6. The lowest BCUT2D eigenvalue weighted by atomic mass is 10.2. The van der Waals surface area contributed by atoms with E-state index in [0.29, 0.717) is 62.6 Å².